The van der Waals surface area contributed by atoms with Crippen molar-refractivity contribution in [1.29, 1.82) is 0 Å². The molecule has 2 bridgehead atoms. The van der Waals surface area contributed by atoms with E-state index in [1.54, 1.807) is 17.1 Å². The van der Waals surface area contributed by atoms with Crippen molar-refractivity contribution in [2.45, 2.75) is 83.2 Å². The van der Waals surface area contributed by atoms with E-state index < -0.39 is 47.1 Å². The molecule has 1 spiro atoms. The van der Waals surface area contributed by atoms with Gasteiger partial charge in [-0.2, -0.15) is 0 Å². The molecule has 1 N–H and O–H groups in total. The van der Waals surface area contributed by atoms with E-state index in [1.807, 2.05) is 34.6 Å². The van der Waals surface area contributed by atoms with Crippen LogP contribution >= 0.6 is 0 Å². The number of amides is 2. The fourth-order valence-electron chi connectivity index (χ4n) is 5.93. The van der Waals surface area contributed by atoms with Gasteiger partial charge in [0, 0.05) is 12.1 Å². The van der Waals surface area contributed by atoms with Crippen LogP contribution in [0.4, 0.5) is 0 Å². The lowest BCUT2D eigenvalue weighted by molar-refractivity contribution is -0.158. The Bertz CT molecular complexity index is 834. The van der Waals surface area contributed by atoms with Crippen molar-refractivity contribution in [3.63, 3.8) is 0 Å². The third kappa shape index (κ3) is 4.19. The highest BCUT2D eigenvalue weighted by Crippen LogP contribution is 2.59. The number of esters is 1. The fourth-order valence-corrected chi connectivity index (χ4v) is 5.93. The van der Waals surface area contributed by atoms with Gasteiger partial charge in [0.2, 0.25) is 11.8 Å². The summed E-state index contributed by atoms with van der Waals surface area (Å²) < 4.78 is 11.9. The van der Waals surface area contributed by atoms with Crippen LogP contribution in [0, 0.1) is 17.8 Å². The Hall–Kier alpha value is -2.19. The van der Waals surface area contributed by atoms with Gasteiger partial charge in [-0.15, -0.1) is 13.2 Å². The number of aliphatic hydroxyl groups is 1. The lowest BCUT2D eigenvalue weighted by Gasteiger charge is -2.44. The minimum absolute atomic E-state index is 0.0999. The van der Waals surface area contributed by atoms with Gasteiger partial charge in [-0.3, -0.25) is 14.4 Å². The van der Waals surface area contributed by atoms with Crippen LogP contribution in [0.5, 0.6) is 0 Å². The van der Waals surface area contributed by atoms with E-state index in [9.17, 15) is 19.5 Å². The summed E-state index contributed by atoms with van der Waals surface area (Å²) in [6.45, 7) is 17.3. The quantitative estimate of drug-likeness (QED) is 0.295. The number of hydrogen-bond donors (Lipinski definition) is 1. The minimum atomic E-state index is -1.12. The topological polar surface area (TPSA) is 96.4 Å². The van der Waals surface area contributed by atoms with Crippen LogP contribution in [0.2, 0.25) is 0 Å². The van der Waals surface area contributed by atoms with Crippen molar-refractivity contribution >= 4 is 17.8 Å². The summed E-state index contributed by atoms with van der Waals surface area (Å²) in [5, 5.41) is 10.2. The number of carbonyl (C=O) groups excluding carboxylic acids is 3. The highest BCUT2D eigenvalue weighted by atomic mass is 16.6. The summed E-state index contributed by atoms with van der Waals surface area (Å²) in [7, 11) is 0. The third-order valence-electron chi connectivity index (χ3n) is 7.51. The monoisotopic (exact) mass is 476 g/mol. The third-order valence-corrected chi connectivity index (χ3v) is 7.51. The van der Waals surface area contributed by atoms with Gasteiger partial charge in [0.15, 0.2) is 0 Å². The van der Waals surface area contributed by atoms with Crippen LogP contribution in [0.25, 0.3) is 0 Å². The van der Waals surface area contributed by atoms with E-state index in [4.69, 9.17) is 9.47 Å². The Balaban J connectivity index is 2.08. The molecule has 6 atom stereocenters. The summed E-state index contributed by atoms with van der Waals surface area (Å²) >= 11 is 0. The molecule has 0 aromatic heterocycles. The first-order valence-corrected chi connectivity index (χ1v) is 12.3. The molecule has 3 saturated heterocycles. The molecule has 8 heteroatoms. The molecule has 0 aliphatic carbocycles. The summed E-state index contributed by atoms with van der Waals surface area (Å²) in [6.07, 6.45) is 4.46. The number of ether oxygens (including phenoxy) is 2. The second-order valence-electron chi connectivity index (χ2n) is 10.9. The van der Waals surface area contributed by atoms with Crippen LogP contribution in [0.1, 0.15) is 53.9 Å². The smallest absolute Gasteiger partial charge is 0.312 e. The Morgan fingerprint density at radius 3 is 2.53 bits per heavy atom. The first-order valence-electron chi connectivity index (χ1n) is 12.3. The van der Waals surface area contributed by atoms with Crippen LogP contribution in [-0.2, 0) is 23.9 Å². The molecule has 190 valence electrons. The van der Waals surface area contributed by atoms with Crippen molar-refractivity contribution in [2.24, 2.45) is 17.8 Å². The second-order valence-corrected chi connectivity index (χ2v) is 10.9. The fraction of sp³-hybridized carbons (Fsp3) is 0.731. The molecule has 3 rings (SSSR count). The van der Waals surface area contributed by atoms with Crippen molar-refractivity contribution in [3.8, 4) is 0 Å². The van der Waals surface area contributed by atoms with E-state index in [2.05, 4.69) is 13.2 Å². The minimum Gasteiger partial charge on any atom is -0.465 e. The summed E-state index contributed by atoms with van der Waals surface area (Å²) in [5.74, 6) is -2.70. The first-order chi connectivity index (χ1) is 16.0. The molecule has 0 aromatic rings. The average molecular weight is 477 g/mol. The average Bonchev–Trinajstić information content (AvgIpc) is 3.39. The van der Waals surface area contributed by atoms with Gasteiger partial charge in [-0.25, -0.2) is 0 Å². The SMILES string of the molecule is C=CCCOC(=O)[C@@H]1[C@@H]2CCC3(O2)C(C(=O)N(CC=C)C(C)(C)C)N([C@@H](CO)C(C)C)C(=O)[C@H]13. The highest BCUT2D eigenvalue weighted by Gasteiger charge is 2.76. The molecule has 0 radical (unpaired) electrons. The number of fused-ring (bicyclic) bond motifs is 1. The molecule has 2 amide bonds. The maximum atomic E-state index is 14.2. The molecule has 0 saturated carbocycles. The number of hydrogen-bond acceptors (Lipinski definition) is 6. The van der Waals surface area contributed by atoms with Crippen LogP contribution in [0.15, 0.2) is 25.3 Å². The number of nitrogens with zero attached hydrogens (tertiary/aromatic N) is 2. The van der Waals surface area contributed by atoms with Crippen LogP contribution < -0.4 is 0 Å². The van der Waals surface area contributed by atoms with E-state index in [0.29, 0.717) is 25.8 Å². The van der Waals surface area contributed by atoms with E-state index >= 15 is 0 Å². The number of aliphatic hydroxyl groups excluding tert-OH is 1. The maximum absolute atomic E-state index is 14.2. The van der Waals surface area contributed by atoms with Crippen molar-refractivity contribution in [1.82, 2.24) is 9.80 Å². The molecule has 3 aliphatic rings. The summed E-state index contributed by atoms with van der Waals surface area (Å²) in [6, 6.07) is -1.51. The lowest BCUT2D eigenvalue weighted by atomic mass is 9.70. The lowest BCUT2D eigenvalue weighted by Crippen LogP contribution is -2.62. The van der Waals surface area contributed by atoms with Crippen molar-refractivity contribution < 1.29 is 29.0 Å². The molecule has 3 heterocycles. The normalized spacial score (nSPS) is 30.9. The van der Waals surface area contributed by atoms with Gasteiger partial charge in [0.1, 0.15) is 11.6 Å². The standard InChI is InChI=1S/C26H40N2O6/c1-8-10-14-33-24(32)19-18-11-12-26(34-18)20(19)22(30)28(17(15-29)16(3)4)21(26)23(31)27(13-9-2)25(5,6)7/h8-9,16-21,29H,1-2,10-15H2,3-7H3/t17-,18-,19+,20-,21?,26?/m0/s1. The molecule has 2 unspecified atom stereocenters. The molecule has 0 aromatic carbocycles. The van der Waals surface area contributed by atoms with E-state index in [1.165, 1.54) is 4.90 Å². The molecular formula is C26H40N2O6. The summed E-state index contributed by atoms with van der Waals surface area (Å²) in [5.41, 5.74) is -1.64. The Morgan fingerprint density at radius 2 is 2.00 bits per heavy atom. The number of carbonyl (C=O) groups is 3. The van der Waals surface area contributed by atoms with Gasteiger partial charge in [0.25, 0.3) is 0 Å². The number of likely N-dealkylation sites (tertiary alicyclic amines) is 1. The van der Waals surface area contributed by atoms with Crippen LogP contribution in [0.3, 0.4) is 0 Å². The molecular weight excluding hydrogens is 436 g/mol. The first kappa shape index (κ1) is 26.4. The zero-order valence-corrected chi connectivity index (χ0v) is 21.2. The van der Waals surface area contributed by atoms with Gasteiger partial charge in [-0.05, 0) is 46.0 Å². The molecule has 3 aliphatic heterocycles. The van der Waals surface area contributed by atoms with E-state index in [0.717, 1.165) is 0 Å². The zero-order chi connectivity index (χ0) is 25.4. The van der Waals surface area contributed by atoms with E-state index in [-0.39, 0.29) is 30.9 Å². The van der Waals surface area contributed by atoms with Gasteiger partial charge < -0.3 is 24.4 Å². The molecule has 8 nitrogen and oxygen atoms in total. The van der Waals surface area contributed by atoms with Gasteiger partial charge in [0.05, 0.1) is 37.2 Å². The van der Waals surface area contributed by atoms with Crippen molar-refractivity contribution in [3.05, 3.63) is 25.3 Å². The predicted octanol–water partition coefficient (Wildman–Crippen LogP) is 2.31. The van der Waals surface area contributed by atoms with Crippen LogP contribution in [-0.4, -0.2) is 81.8 Å². The highest BCUT2D eigenvalue weighted by molar-refractivity contribution is 5.98. The Kier molecular flexibility index (Phi) is 7.63. The maximum Gasteiger partial charge on any atom is 0.312 e. The number of rotatable bonds is 10. The summed E-state index contributed by atoms with van der Waals surface area (Å²) in [4.78, 5) is 44.5. The van der Waals surface area contributed by atoms with Crippen molar-refractivity contribution in [2.75, 3.05) is 19.8 Å². The Labute approximate surface area is 202 Å². The van der Waals surface area contributed by atoms with Gasteiger partial charge >= 0.3 is 5.97 Å². The molecule has 3 fully saturated rings. The molecule has 34 heavy (non-hydrogen) atoms. The van der Waals surface area contributed by atoms with Gasteiger partial charge in [-0.1, -0.05) is 26.0 Å². The predicted molar refractivity (Wildman–Crippen MR) is 128 cm³/mol. The largest absolute Gasteiger partial charge is 0.465 e. The second kappa shape index (κ2) is 9.82. The Morgan fingerprint density at radius 1 is 1.32 bits per heavy atom. The zero-order valence-electron chi connectivity index (χ0n) is 21.2.